The van der Waals surface area contributed by atoms with Crippen molar-refractivity contribution in [1.29, 1.82) is 0 Å². The molecule has 1 heterocycles. The topological polar surface area (TPSA) is 40.6 Å². The molecule has 0 saturated carbocycles. The molecule has 4 nitrogen and oxygen atoms in total. The lowest BCUT2D eigenvalue weighted by Crippen LogP contribution is -2.51. The van der Waals surface area contributed by atoms with Gasteiger partial charge in [-0.15, -0.1) is 0 Å². The summed E-state index contributed by atoms with van der Waals surface area (Å²) in [5.74, 6) is -0.486. The molecule has 46 heavy (non-hydrogen) atoms. The van der Waals surface area contributed by atoms with Crippen LogP contribution in [0.5, 0.6) is 0 Å². The summed E-state index contributed by atoms with van der Waals surface area (Å²) in [4.78, 5) is 32.3. The van der Waals surface area contributed by atoms with E-state index in [4.69, 9.17) is 0 Å². The van der Waals surface area contributed by atoms with Crippen LogP contribution < -0.4 is 4.90 Å². The van der Waals surface area contributed by atoms with E-state index >= 15 is 0 Å². The zero-order valence-corrected chi connectivity index (χ0v) is 27.8. The summed E-state index contributed by atoms with van der Waals surface area (Å²) in [5, 5.41) is 11.3. The maximum atomic E-state index is 14.7. The van der Waals surface area contributed by atoms with Crippen LogP contribution in [-0.2, 0) is 5.41 Å². The van der Waals surface area contributed by atoms with E-state index in [1.54, 1.807) is 0 Å². The molecule has 4 heteroatoms. The molecule has 0 aromatic heterocycles. The van der Waals surface area contributed by atoms with E-state index in [1.807, 2.05) is 51.9 Å². The molecule has 7 aromatic rings. The number of hydrogen-bond acceptors (Lipinski definition) is 3. The highest BCUT2D eigenvalue weighted by Crippen LogP contribution is 2.49. The zero-order chi connectivity index (χ0) is 32.4. The monoisotopic (exact) mass is 602 g/mol. The van der Waals surface area contributed by atoms with Gasteiger partial charge in [0.05, 0.1) is 5.56 Å². The van der Waals surface area contributed by atoms with Crippen molar-refractivity contribution in [3.63, 3.8) is 0 Å². The molecule has 1 aliphatic rings. The molecule has 8 rings (SSSR count). The third kappa shape index (κ3) is 3.73. The van der Waals surface area contributed by atoms with Crippen LogP contribution in [0.15, 0.2) is 84.9 Å². The van der Waals surface area contributed by atoms with Crippen molar-refractivity contribution in [2.45, 2.75) is 52.5 Å². The summed E-state index contributed by atoms with van der Waals surface area (Å²) in [6.45, 7) is 12.6. The Balaban J connectivity index is 1.60. The van der Waals surface area contributed by atoms with Crippen LogP contribution in [0.3, 0.4) is 0 Å². The molecule has 0 radical (unpaired) electrons. The lowest BCUT2D eigenvalue weighted by molar-refractivity contribution is 0.0461. The van der Waals surface area contributed by atoms with Crippen LogP contribution in [0, 0.1) is 0 Å². The average molecular weight is 603 g/mol. The van der Waals surface area contributed by atoms with Crippen LogP contribution in [0.2, 0.25) is 0 Å². The molecule has 0 unspecified atom stereocenters. The van der Waals surface area contributed by atoms with E-state index in [9.17, 15) is 9.59 Å². The van der Waals surface area contributed by atoms with E-state index in [0.29, 0.717) is 11.1 Å². The Kier molecular flexibility index (Phi) is 5.76. The number of carbonyl (C=O) groups excluding carboxylic acids is 2. The van der Waals surface area contributed by atoms with E-state index in [2.05, 4.69) is 93.6 Å². The average Bonchev–Trinajstić information content (AvgIpc) is 3.00. The first kappa shape index (κ1) is 28.5. The largest absolute Gasteiger partial charge is 0.377 e. The molecule has 7 aromatic carbocycles. The Morgan fingerprint density at radius 1 is 0.522 bits per heavy atom. The number of fused-ring (bicyclic) bond motifs is 2. The van der Waals surface area contributed by atoms with Crippen molar-refractivity contribution in [2.75, 3.05) is 19.0 Å². The predicted octanol–water partition coefficient (Wildman–Crippen LogP) is 10.3. The molecular weight excluding hydrogens is 564 g/mol. The smallest absolute Gasteiger partial charge is 0.262 e. The number of benzene rings is 7. The van der Waals surface area contributed by atoms with Crippen molar-refractivity contribution in [3.05, 3.63) is 102 Å². The van der Waals surface area contributed by atoms with Crippen molar-refractivity contribution >= 4 is 71.4 Å². The second-order valence-corrected chi connectivity index (χ2v) is 15.1. The fraction of sp³-hybridized carbons (Fsp3) is 0.238. The molecule has 0 spiro atoms. The van der Waals surface area contributed by atoms with Crippen LogP contribution in [0.4, 0.5) is 5.69 Å². The van der Waals surface area contributed by atoms with E-state index in [-0.39, 0.29) is 17.2 Å². The Bertz CT molecular complexity index is 2450. The molecule has 0 fully saturated rings. The molecule has 0 bridgehead atoms. The highest BCUT2D eigenvalue weighted by atomic mass is 16.2. The molecule has 228 valence electrons. The van der Waals surface area contributed by atoms with Crippen LogP contribution in [0.1, 0.15) is 67.8 Å². The first-order valence-corrected chi connectivity index (χ1v) is 16.1. The maximum Gasteiger partial charge on any atom is 0.262 e. The number of carbonyl (C=O) groups is 2. The minimum atomic E-state index is -0.692. The van der Waals surface area contributed by atoms with Gasteiger partial charge in [-0.25, -0.2) is 0 Å². The van der Waals surface area contributed by atoms with Gasteiger partial charge in [0.1, 0.15) is 0 Å². The molecule has 2 amide bonds. The summed E-state index contributed by atoms with van der Waals surface area (Å²) in [5.41, 5.74) is 4.56. The van der Waals surface area contributed by atoms with Crippen molar-refractivity contribution in [1.82, 2.24) is 4.90 Å². The van der Waals surface area contributed by atoms with Gasteiger partial charge in [0.25, 0.3) is 11.8 Å². The van der Waals surface area contributed by atoms with Gasteiger partial charge in [0.15, 0.2) is 0 Å². The third-order valence-electron chi connectivity index (χ3n) is 9.91. The first-order chi connectivity index (χ1) is 21.8. The van der Waals surface area contributed by atoms with Gasteiger partial charge in [-0.1, -0.05) is 93.6 Å². The number of anilines is 1. The number of rotatable bonds is 2. The molecule has 0 saturated heterocycles. The van der Waals surface area contributed by atoms with Gasteiger partial charge >= 0.3 is 0 Å². The van der Waals surface area contributed by atoms with E-state index in [1.165, 1.54) is 48.2 Å². The zero-order valence-electron chi connectivity index (χ0n) is 27.8. The number of nitrogens with zero attached hydrogens (tertiary/aromatic N) is 2. The van der Waals surface area contributed by atoms with Gasteiger partial charge in [0, 0.05) is 41.7 Å². The molecule has 0 aliphatic carbocycles. The standard InChI is InChI=1S/C42H38N2O2/c1-41(2,3)32-21-19-26-24-13-9-11-23-12-10-14-30(34(23)24)36-25(15-17-28(32)35(26)36)27-16-18-29-33(43(7)8)22-20-31-37(29)38(27)40(46)44(39(31)45)42(4,5)6/h9-22H,1-8H3. The lowest BCUT2D eigenvalue weighted by Gasteiger charge is -2.38. The van der Waals surface area contributed by atoms with Gasteiger partial charge in [0.2, 0.25) is 0 Å². The van der Waals surface area contributed by atoms with Gasteiger partial charge in [-0.05, 0) is 98.1 Å². The van der Waals surface area contributed by atoms with Gasteiger partial charge < -0.3 is 4.90 Å². The summed E-state index contributed by atoms with van der Waals surface area (Å²) in [7, 11) is 4.00. The fourth-order valence-electron chi connectivity index (χ4n) is 7.98. The highest BCUT2D eigenvalue weighted by Gasteiger charge is 2.41. The first-order valence-electron chi connectivity index (χ1n) is 16.1. The SMILES string of the molecule is CN(C)c1ccc2c3c(c(-c4ccc5c(C(C)(C)C)ccc6c7cccc8cccc(c4c56)c87)ccc13)C(=O)N(C(C)(C)C)C2=O. The van der Waals surface area contributed by atoms with Crippen molar-refractivity contribution in [2.24, 2.45) is 0 Å². The third-order valence-corrected chi connectivity index (χ3v) is 9.91. The Labute approximate surface area is 269 Å². The Hall–Kier alpha value is -4.96. The van der Waals surface area contributed by atoms with Gasteiger partial charge in [-0.3, -0.25) is 14.5 Å². The molecule has 0 atom stereocenters. The van der Waals surface area contributed by atoms with Crippen LogP contribution in [0.25, 0.3) is 65.0 Å². The Morgan fingerprint density at radius 3 is 1.80 bits per heavy atom. The molecular formula is C42H38N2O2. The van der Waals surface area contributed by atoms with Crippen molar-refractivity contribution in [3.8, 4) is 11.1 Å². The lowest BCUT2D eigenvalue weighted by atomic mass is 9.78. The summed E-state index contributed by atoms with van der Waals surface area (Å²) >= 11 is 0. The molecule has 0 N–H and O–H groups in total. The number of amides is 2. The number of imide groups is 1. The fourth-order valence-corrected chi connectivity index (χ4v) is 7.98. The second-order valence-electron chi connectivity index (χ2n) is 15.1. The summed E-state index contributed by atoms with van der Waals surface area (Å²) in [6.07, 6.45) is 0. The Morgan fingerprint density at radius 2 is 1.13 bits per heavy atom. The quantitative estimate of drug-likeness (QED) is 0.112. The van der Waals surface area contributed by atoms with Crippen LogP contribution >= 0.6 is 0 Å². The summed E-state index contributed by atoms with van der Waals surface area (Å²) in [6, 6.07) is 30.2. The maximum absolute atomic E-state index is 14.7. The van der Waals surface area contributed by atoms with E-state index < -0.39 is 5.54 Å². The normalized spacial score (nSPS) is 14.1. The van der Waals surface area contributed by atoms with Crippen molar-refractivity contribution < 1.29 is 9.59 Å². The minimum Gasteiger partial charge on any atom is -0.377 e. The highest BCUT2D eigenvalue weighted by molar-refractivity contribution is 6.37. The second kappa shape index (κ2) is 9.29. The number of hydrogen-bond donors (Lipinski definition) is 0. The summed E-state index contributed by atoms with van der Waals surface area (Å²) < 4.78 is 0. The van der Waals surface area contributed by atoms with E-state index in [0.717, 1.165) is 33.0 Å². The van der Waals surface area contributed by atoms with Gasteiger partial charge in [-0.2, -0.15) is 0 Å². The predicted molar refractivity (Wildman–Crippen MR) is 194 cm³/mol. The molecule has 1 aliphatic heterocycles. The minimum absolute atomic E-state index is 0.0593. The van der Waals surface area contributed by atoms with Crippen LogP contribution in [-0.4, -0.2) is 36.3 Å².